The topological polar surface area (TPSA) is 119 Å². The molecule has 0 radical (unpaired) electrons. The van der Waals surface area contributed by atoms with Crippen LogP contribution >= 0.6 is 0 Å². The first-order chi connectivity index (χ1) is 25.3. The molecule has 3 heterocycles. The number of piperidine rings is 2. The van der Waals surface area contributed by atoms with Crippen molar-refractivity contribution in [2.45, 2.75) is 166 Å². The van der Waals surface area contributed by atoms with Crippen LogP contribution in [0.15, 0.2) is 11.1 Å². The molecule has 0 aromatic rings. The number of allylic oxidation sites excluding steroid dienone is 2. The first-order valence-electron chi connectivity index (χ1n) is 21.9. The highest BCUT2D eigenvalue weighted by Gasteiger charge is 2.54. The Hall–Kier alpha value is -2.10. The van der Waals surface area contributed by atoms with E-state index in [4.69, 9.17) is 0 Å². The lowest BCUT2D eigenvalue weighted by Gasteiger charge is -2.42. The van der Waals surface area contributed by atoms with Crippen LogP contribution in [-0.4, -0.2) is 82.9 Å². The second-order valence-electron chi connectivity index (χ2n) is 18.0. The fraction of sp³-hybridized carbons (Fsp3) is 0.860. The van der Waals surface area contributed by atoms with Crippen molar-refractivity contribution in [2.24, 2.45) is 41.4 Å². The van der Waals surface area contributed by atoms with Crippen LogP contribution in [0, 0.1) is 41.4 Å². The average molecular weight is 721 g/mol. The molecule has 3 aliphatic heterocycles. The Labute approximate surface area is 312 Å². The van der Waals surface area contributed by atoms with E-state index in [1.165, 1.54) is 108 Å². The molecular formula is C43H68N4O5. The zero-order valence-corrected chi connectivity index (χ0v) is 32.1. The summed E-state index contributed by atoms with van der Waals surface area (Å²) >= 11 is 0. The zero-order chi connectivity index (χ0) is 36.2. The van der Waals surface area contributed by atoms with Crippen LogP contribution in [0.3, 0.4) is 0 Å². The van der Waals surface area contributed by atoms with Gasteiger partial charge in [-0.3, -0.25) is 29.4 Å². The molecule has 9 nitrogen and oxygen atoms in total. The number of hydrogen-bond acceptors (Lipinski definition) is 7. The van der Waals surface area contributed by atoms with E-state index < -0.39 is 11.9 Å². The molecule has 9 heteroatoms. The molecule has 0 aromatic heterocycles. The lowest BCUT2D eigenvalue weighted by molar-refractivity contribution is -0.151. The van der Waals surface area contributed by atoms with E-state index in [0.29, 0.717) is 12.8 Å². The number of rotatable bonds is 11. The van der Waals surface area contributed by atoms with Gasteiger partial charge in [-0.15, -0.1) is 0 Å². The molecule has 4 amide bonds. The number of carbonyl (C=O) groups excluding carboxylic acids is 4. The van der Waals surface area contributed by atoms with Crippen molar-refractivity contribution in [1.82, 2.24) is 20.4 Å². The first-order valence-corrected chi connectivity index (χ1v) is 21.9. The number of likely N-dealkylation sites (tertiary alicyclic amines) is 2. The number of nitrogens with one attached hydrogen (secondary N) is 2. The number of imide groups is 2. The van der Waals surface area contributed by atoms with Gasteiger partial charge in [0, 0.05) is 12.5 Å². The van der Waals surface area contributed by atoms with Gasteiger partial charge in [-0.1, -0.05) is 37.3 Å². The Morgan fingerprint density at radius 2 is 1.38 bits per heavy atom. The molecule has 3 saturated heterocycles. The molecule has 7 fully saturated rings. The quantitative estimate of drug-likeness (QED) is 0.131. The highest BCUT2D eigenvalue weighted by atomic mass is 16.3. The van der Waals surface area contributed by atoms with E-state index in [2.05, 4.69) is 22.5 Å². The Bertz CT molecular complexity index is 1300. The maximum Gasteiger partial charge on any atom is 0.249 e. The summed E-state index contributed by atoms with van der Waals surface area (Å²) in [6.45, 7) is 6.88. The fourth-order valence-corrected chi connectivity index (χ4v) is 12.2. The minimum atomic E-state index is -0.841. The lowest BCUT2D eigenvalue weighted by Crippen LogP contribution is -2.54. The van der Waals surface area contributed by atoms with Gasteiger partial charge in [0.1, 0.15) is 6.04 Å². The maximum atomic E-state index is 13.3. The minimum absolute atomic E-state index is 0.0753. The molecule has 7 rings (SSSR count). The molecule has 7 aliphatic rings. The second kappa shape index (κ2) is 17.6. The maximum absolute atomic E-state index is 13.3. The Morgan fingerprint density at radius 1 is 0.731 bits per heavy atom. The van der Waals surface area contributed by atoms with Crippen LogP contribution in [0.2, 0.25) is 0 Å². The van der Waals surface area contributed by atoms with Crippen LogP contribution in [0.4, 0.5) is 0 Å². The Kier molecular flexibility index (Phi) is 12.9. The summed E-state index contributed by atoms with van der Waals surface area (Å²) in [6.07, 6.45) is 24.5. The number of aliphatic hydroxyl groups is 1. The van der Waals surface area contributed by atoms with Crippen LogP contribution in [0.25, 0.3) is 0 Å². The number of hydrogen-bond donors (Lipinski definition) is 3. The summed E-state index contributed by atoms with van der Waals surface area (Å²) in [5.41, 5.74) is 3.76. The lowest BCUT2D eigenvalue weighted by atomic mass is 9.65. The standard InChI is InChI=1S/C43H68N4O5/c1-2-35(30-7-4-3-5-8-30)40(32-13-16-34(48)17-14-32)31-11-9-28(10-12-31)29-21-25-46(26-22-29)24-6-23-44-33-15-18-36-37(27-33)43(52)47(42(36)51)38-19-20-39(49)45-41(38)50/h28-34,36-38,44,48H,2-27H2,1H3,(H,45,49,50)/b40-35+. The minimum Gasteiger partial charge on any atom is -0.393 e. The average Bonchev–Trinajstić information content (AvgIpc) is 3.41. The summed E-state index contributed by atoms with van der Waals surface area (Å²) in [5.74, 6) is 2.12. The number of aliphatic hydroxyl groups excluding tert-OH is 1. The molecule has 52 heavy (non-hydrogen) atoms. The summed E-state index contributed by atoms with van der Waals surface area (Å²) < 4.78 is 0. The van der Waals surface area contributed by atoms with Crippen molar-refractivity contribution in [3.63, 3.8) is 0 Å². The number of nitrogens with zero attached hydrogens (tertiary/aromatic N) is 2. The van der Waals surface area contributed by atoms with Gasteiger partial charge in [0.15, 0.2) is 0 Å². The highest BCUT2D eigenvalue weighted by molar-refractivity contribution is 6.10. The predicted octanol–water partition coefficient (Wildman–Crippen LogP) is 6.28. The van der Waals surface area contributed by atoms with Crippen molar-refractivity contribution in [1.29, 1.82) is 0 Å². The van der Waals surface area contributed by atoms with Crippen molar-refractivity contribution in [2.75, 3.05) is 26.2 Å². The van der Waals surface area contributed by atoms with E-state index in [1.807, 2.05) is 11.1 Å². The first kappa shape index (κ1) is 38.2. The van der Waals surface area contributed by atoms with Gasteiger partial charge in [-0.2, -0.15) is 0 Å². The van der Waals surface area contributed by atoms with Crippen molar-refractivity contribution < 1.29 is 24.3 Å². The summed E-state index contributed by atoms with van der Waals surface area (Å²) in [7, 11) is 0. The van der Waals surface area contributed by atoms with Crippen molar-refractivity contribution >= 4 is 23.6 Å². The zero-order valence-electron chi connectivity index (χ0n) is 32.1. The largest absolute Gasteiger partial charge is 0.393 e. The van der Waals surface area contributed by atoms with Gasteiger partial charge in [0.05, 0.1) is 17.9 Å². The van der Waals surface area contributed by atoms with Gasteiger partial charge >= 0.3 is 0 Å². The van der Waals surface area contributed by atoms with E-state index in [1.54, 1.807) is 0 Å². The number of fused-ring (bicyclic) bond motifs is 1. The highest BCUT2D eigenvalue weighted by Crippen LogP contribution is 2.48. The van der Waals surface area contributed by atoms with Crippen molar-refractivity contribution in [3.05, 3.63) is 11.1 Å². The molecule has 290 valence electrons. The Morgan fingerprint density at radius 3 is 2.06 bits per heavy atom. The third-order valence-electron chi connectivity index (χ3n) is 15.1. The van der Waals surface area contributed by atoms with Crippen LogP contribution in [0.5, 0.6) is 0 Å². The predicted molar refractivity (Wildman–Crippen MR) is 202 cm³/mol. The summed E-state index contributed by atoms with van der Waals surface area (Å²) in [5, 5.41) is 16.3. The molecule has 4 atom stereocenters. The molecule has 4 unspecified atom stereocenters. The van der Waals surface area contributed by atoms with Crippen LogP contribution < -0.4 is 10.6 Å². The van der Waals surface area contributed by atoms with Gasteiger partial charge in [-0.25, -0.2) is 0 Å². The van der Waals surface area contributed by atoms with Gasteiger partial charge in [0.25, 0.3) is 0 Å². The summed E-state index contributed by atoms with van der Waals surface area (Å²) in [6, 6.07) is -0.622. The molecule has 0 aromatic carbocycles. The second-order valence-corrected chi connectivity index (χ2v) is 18.0. The van der Waals surface area contributed by atoms with Gasteiger partial charge < -0.3 is 15.3 Å². The van der Waals surface area contributed by atoms with Crippen molar-refractivity contribution in [3.8, 4) is 0 Å². The number of carbonyl (C=O) groups is 4. The SMILES string of the molecule is CC/C(=C(\C1CCC(O)CC1)C1CCC(C2CCN(CCCNC3CCC4C(=O)N(C5CCC(=O)NC5=O)C(=O)C4C3)CC2)CC1)C1CCCCC1. The van der Waals surface area contributed by atoms with Gasteiger partial charge in [-0.05, 0) is 171 Å². The molecule has 4 saturated carbocycles. The van der Waals surface area contributed by atoms with Crippen LogP contribution in [-0.2, 0) is 19.2 Å². The monoisotopic (exact) mass is 721 g/mol. The normalized spacial score (nSPS) is 36.5. The third kappa shape index (κ3) is 8.57. The van der Waals surface area contributed by atoms with Crippen LogP contribution in [0.1, 0.15) is 148 Å². The molecule has 4 aliphatic carbocycles. The summed E-state index contributed by atoms with van der Waals surface area (Å²) in [4.78, 5) is 54.3. The molecular weight excluding hydrogens is 652 g/mol. The van der Waals surface area contributed by atoms with E-state index in [9.17, 15) is 24.3 Å². The fourth-order valence-electron chi connectivity index (χ4n) is 12.2. The van der Waals surface area contributed by atoms with E-state index in [-0.39, 0.29) is 54.5 Å². The number of amides is 4. The van der Waals surface area contributed by atoms with E-state index >= 15 is 0 Å². The van der Waals surface area contributed by atoms with Gasteiger partial charge in [0.2, 0.25) is 23.6 Å². The Balaban J connectivity index is 0.828. The molecule has 0 spiro atoms. The molecule has 3 N–H and O–H groups in total. The smallest absolute Gasteiger partial charge is 0.249 e. The van der Waals surface area contributed by atoms with E-state index in [0.717, 1.165) is 68.4 Å². The molecule has 0 bridgehead atoms. The third-order valence-corrected chi connectivity index (χ3v) is 15.1.